The standard InChI is InChI=1S/C32H22ClF9O2/c1-2-3-4-5-6-18-7-9-19(10-8-18)20-11-12-23(25(34)14-20)21-13-24(33)29(26(35)15-21)43-31(38,39)22-16-27(36)30(28(37)17-22)44-32(40,41)42/h3-4,7-17H,2,5-6H2,1H3. The Kier molecular flexibility index (Phi) is 9.88. The van der Waals surface area contributed by atoms with Crippen LogP contribution >= 0.6 is 11.6 Å². The van der Waals surface area contributed by atoms with Crippen LogP contribution in [0.25, 0.3) is 22.3 Å². The first kappa shape index (κ1) is 32.8. The highest BCUT2D eigenvalue weighted by Gasteiger charge is 2.40. The van der Waals surface area contributed by atoms with E-state index in [0.29, 0.717) is 11.6 Å². The molecule has 0 N–H and O–H groups in total. The zero-order valence-electron chi connectivity index (χ0n) is 22.7. The van der Waals surface area contributed by atoms with Crippen molar-refractivity contribution in [2.45, 2.75) is 38.7 Å². The van der Waals surface area contributed by atoms with Crippen LogP contribution in [-0.2, 0) is 12.5 Å². The van der Waals surface area contributed by atoms with Gasteiger partial charge in [-0.15, -0.1) is 13.2 Å². The Morgan fingerprint density at radius 3 is 1.82 bits per heavy atom. The number of hydrogen-bond donors (Lipinski definition) is 0. The van der Waals surface area contributed by atoms with E-state index in [1.807, 2.05) is 24.3 Å². The topological polar surface area (TPSA) is 18.5 Å². The molecule has 0 atom stereocenters. The molecule has 0 saturated heterocycles. The number of ether oxygens (including phenoxy) is 2. The van der Waals surface area contributed by atoms with Crippen molar-refractivity contribution in [1.82, 2.24) is 0 Å². The fourth-order valence-electron chi connectivity index (χ4n) is 4.27. The van der Waals surface area contributed by atoms with Crippen LogP contribution < -0.4 is 9.47 Å². The van der Waals surface area contributed by atoms with Crippen molar-refractivity contribution in [3.8, 4) is 33.8 Å². The minimum atomic E-state index is -5.50. The normalized spacial score (nSPS) is 12.2. The van der Waals surface area contributed by atoms with Crippen molar-refractivity contribution in [2.75, 3.05) is 0 Å². The number of allylic oxidation sites excluding steroid dienone is 2. The number of rotatable bonds is 10. The summed E-state index contributed by atoms with van der Waals surface area (Å²) in [5.41, 5.74) is 0.521. The molecule has 0 fully saturated rings. The van der Waals surface area contributed by atoms with Crippen LogP contribution in [0.2, 0.25) is 5.02 Å². The summed E-state index contributed by atoms with van der Waals surface area (Å²) in [5.74, 6) is -9.68. The molecule has 12 heteroatoms. The first-order valence-electron chi connectivity index (χ1n) is 13.0. The van der Waals surface area contributed by atoms with Crippen LogP contribution in [0.4, 0.5) is 39.5 Å². The predicted molar refractivity (Wildman–Crippen MR) is 148 cm³/mol. The van der Waals surface area contributed by atoms with E-state index in [1.165, 1.54) is 12.1 Å². The smallest absolute Gasteiger partial charge is 0.424 e. The predicted octanol–water partition coefficient (Wildman–Crippen LogP) is 11.2. The van der Waals surface area contributed by atoms with Crippen molar-refractivity contribution in [3.05, 3.63) is 118 Å². The van der Waals surface area contributed by atoms with E-state index in [9.17, 15) is 35.1 Å². The molecule has 0 amide bonds. The van der Waals surface area contributed by atoms with Crippen molar-refractivity contribution in [3.63, 3.8) is 0 Å². The van der Waals surface area contributed by atoms with Gasteiger partial charge in [-0.25, -0.2) is 17.6 Å². The molecule has 232 valence electrons. The molecule has 0 bridgehead atoms. The third kappa shape index (κ3) is 7.88. The summed E-state index contributed by atoms with van der Waals surface area (Å²) < 4.78 is 132. The Morgan fingerprint density at radius 2 is 1.25 bits per heavy atom. The Labute approximate surface area is 251 Å². The third-order valence-electron chi connectivity index (χ3n) is 6.35. The summed E-state index contributed by atoms with van der Waals surface area (Å²) in [6.45, 7) is 2.05. The lowest BCUT2D eigenvalue weighted by atomic mass is 9.98. The Hall–Kier alpha value is -4.12. The molecule has 0 saturated carbocycles. The van der Waals surface area contributed by atoms with Gasteiger partial charge in [0.05, 0.1) is 10.6 Å². The highest BCUT2D eigenvalue weighted by molar-refractivity contribution is 6.32. The number of hydrogen-bond acceptors (Lipinski definition) is 2. The van der Waals surface area contributed by atoms with Gasteiger partial charge in [0.25, 0.3) is 0 Å². The molecule has 44 heavy (non-hydrogen) atoms. The van der Waals surface area contributed by atoms with Crippen molar-refractivity contribution < 1.29 is 49.0 Å². The monoisotopic (exact) mass is 644 g/mol. The summed E-state index contributed by atoms with van der Waals surface area (Å²) >= 11 is 5.97. The van der Waals surface area contributed by atoms with E-state index in [0.717, 1.165) is 36.5 Å². The molecule has 2 nitrogen and oxygen atoms in total. The van der Waals surface area contributed by atoms with Crippen LogP contribution in [0.5, 0.6) is 11.5 Å². The largest absolute Gasteiger partial charge is 0.573 e. The van der Waals surface area contributed by atoms with E-state index >= 15 is 4.39 Å². The summed E-state index contributed by atoms with van der Waals surface area (Å²) in [7, 11) is 0. The van der Waals surface area contributed by atoms with Crippen LogP contribution in [0.1, 0.15) is 30.9 Å². The number of alkyl halides is 5. The molecule has 0 aromatic heterocycles. The van der Waals surface area contributed by atoms with Crippen LogP contribution in [0.15, 0.2) is 78.9 Å². The molecule has 0 radical (unpaired) electrons. The first-order chi connectivity index (χ1) is 20.7. The van der Waals surface area contributed by atoms with Gasteiger partial charge >= 0.3 is 12.5 Å². The Bertz CT molecular complexity index is 1620. The maximum Gasteiger partial charge on any atom is 0.573 e. The van der Waals surface area contributed by atoms with E-state index in [1.54, 1.807) is 6.07 Å². The lowest BCUT2D eigenvalue weighted by Crippen LogP contribution is -2.24. The second kappa shape index (κ2) is 13.3. The van der Waals surface area contributed by atoms with E-state index in [4.69, 9.17) is 11.6 Å². The first-order valence-corrected chi connectivity index (χ1v) is 13.4. The van der Waals surface area contributed by atoms with Crippen LogP contribution in [0.3, 0.4) is 0 Å². The third-order valence-corrected chi connectivity index (χ3v) is 6.63. The van der Waals surface area contributed by atoms with E-state index < -0.39 is 57.8 Å². The molecular formula is C32H22ClF9O2. The lowest BCUT2D eigenvalue weighted by Gasteiger charge is -2.21. The van der Waals surface area contributed by atoms with Crippen molar-refractivity contribution >= 4 is 11.6 Å². The van der Waals surface area contributed by atoms with Gasteiger partial charge in [0.15, 0.2) is 23.2 Å². The van der Waals surface area contributed by atoms with Gasteiger partial charge in [0, 0.05) is 5.56 Å². The summed E-state index contributed by atoms with van der Waals surface area (Å²) in [6, 6.07) is 13.0. The van der Waals surface area contributed by atoms with Gasteiger partial charge in [-0.2, -0.15) is 8.78 Å². The number of aryl methyl sites for hydroxylation is 1. The number of benzene rings is 4. The molecule has 0 aliphatic heterocycles. The fourth-order valence-corrected chi connectivity index (χ4v) is 4.51. The molecular weight excluding hydrogens is 623 g/mol. The zero-order valence-corrected chi connectivity index (χ0v) is 23.5. The lowest BCUT2D eigenvalue weighted by molar-refractivity contribution is -0.276. The quantitative estimate of drug-likeness (QED) is 0.126. The Morgan fingerprint density at radius 1 is 0.659 bits per heavy atom. The molecule has 4 rings (SSSR count). The van der Waals surface area contributed by atoms with Crippen LogP contribution in [0, 0.1) is 23.3 Å². The minimum Gasteiger partial charge on any atom is -0.424 e. The highest BCUT2D eigenvalue weighted by Crippen LogP contribution is 2.41. The van der Waals surface area contributed by atoms with E-state index in [-0.39, 0.29) is 23.3 Å². The van der Waals surface area contributed by atoms with Gasteiger partial charge < -0.3 is 9.47 Å². The molecule has 0 aliphatic rings. The molecule has 0 unspecified atom stereocenters. The maximum absolute atomic E-state index is 15.1. The average Bonchev–Trinajstić information content (AvgIpc) is 2.94. The molecule has 4 aromatic rings. The van der Waals surface area contributed by atoms with Gasteiger partial charge in [-0.3, -0.25) is 0 Å². The molecule has 0 spiro atoms. The minimum absolute atomic E-state index is 0.114. The summed E-state index contributed by atoms with van der Waals surface area (Å²) in [6.07, 6.45) is -3.29. The summed E-state index contributed by atoms with van der Waals surface area (Å²) in [4.78, 5) is 0. The fraction of sp³-hybridized carbons (Fsp3) is 0.188. The average molecular weight is 645 g/mol. The van der Waals surface area contributed by atoms with Gasteiger partial charge in [0.2, 0.25) is 5.75 Å². The Balaban J connectivity index is 1.55. The maximum atomic E-state index is 15.1. The highest BCUT2D eigenvalue weighted by atomic mass is 35.5. The van der Waals surface area contributed by atoms with Crippen LogP contribution in [-0.4, -0.2) is 6.36 Å². The van der Waals surface area contributed by atoms with Gasteiger partial charge in [0.1, 0.15) is 5.82 Å². The number of halogens is 10. The van der Waals surface area contributed by atoms with Crippen molar-refractivity contribution in [2.24, 2.45) is 0 Å². The second-order valence-corrected chi connectivity index (χ2v) is 9.92. The second-order valence-electron chi connectivity index (χ2n) is 9.51. The summed E-state index contributed by atoms with van der Waals surface area (Å²) in [5, 5.41) is -0.745. The molecule has 4 aromatic carbocycles. The van der Waals surface area contributed by atoms with E-state index in [2.05, 4.69) is 28.5 Å². The van der Waals surface area contributed by atoms with Crippen molar-refractivity contribution in [1.29, 1.82) is 0 Å². The molecule has 0 aliphatic carbocycles. The van der Waals surface area contributed by atoms with Gasteiger partial charge in [-0.05, 0) is 71.8 Å². The SMILES string of the molecule is CCC=CCCc1ccc(-c2ccc(-c3cc(F)c(OC(F)(F)c4cc(F)c(OC(F)(F)F)c(F)c4)c(Cl)c3)c(F)c2)cc1. The van der Waals surface area contributed by atoms with Gasteiger partial charge in [-0.1, -0.05) is 67.1 Å². The molecule has 0 heterocycles. The zero-order chi connectivity index (χ0) is 32.2.